The zero-order valence-electron chi connectivity index (χ0n) is 17.9. The van der Waals surface area contributed by atoms with Crippen LogP contribution in [0.4, 0.5) is 16.4 Å². The molecular formula is C25H18N4O2S2. The Kier molecular flexibility index (Phi) is 5.65. The van der Waals surface area contributed by atoms with Crippen LogP contribution in [0.15, 0.2) is 72.8 Å². The molecule has 6 nitrogen and oxygen atoms in total. The van der Waals surface area contributed by atoms with Crippen LogP contribution in [0, 0.1) is 11.3 Å². The van der Waals surface area contributed by atoms with Gasteiger partial charge in [-0.2, -0.15) is 14.0 Å². The topological polar surface area (TPSA) is 71.3 Å². The first-order chi connectivity index (χ1) is 16.2. The summed E-state index contributed by atoms with van der Waals surface area (Å²) in [5.41, 5.74) is 4.94. The SMILES string of the molecule is COc1ccc(N(c2ccc(OC)cc2)c2ccc(-c3ccc(C#N)c4nsnc34)s2)cc1. The van der Waals surface area contributed by atoms with E-state index >= 15 is 0 Å². The molecular weight excluding hydrogens is 452 g/mol. The molecule has 0 fully saturated rings. The third-order valence-electron chi connectivity index (χ3n) is 5.27. The molecule has 0 spiro atoms. The van der Waals surface area contributed by atoms with Crippen molar-refractivity contribution in [3.05, 3.63) is 78.4 Å². The van der Waals surface area contributed by atoms with Crippen LogP contribution >= 0.6 is 23.1 Å². The van der Waals surface area contributed by atoms with E-state index in [0.29, 0.717) is 11.1 Å². The highest BCUT2D eigenvalue weighted by Gasteiger charge is 2.18. The number of fused-ring (bicyclic) bond motifs is 1. The lowest BCUT2D eigenvalue weighted by molar-refractivity contribution is 0.415. The number of thiophene rings is 1. The van der Waals surface area contributed by atoms with Gasteiger partial charge in [-0.1, -0.05) is 0 Å². The minimum Gasteiger partial charge on any atom is -0.497 e. The number of benzene rings is 3. The van der Waals surface area contributed by atoms with Crippen molar-refractivity contribution in [2.24, 2.45) is 0 Å². The van der Waals surface area contributed by atoms with Crippen molar-refractivity contribution in [1.29, 1.82) is 5.26 Å². The predicted molar refractivity (Wildman–Crippen MR) is 133 cm³/mol. The van der Waals surface area contributed by atoms with E-state index in [1.54, 1.807) is 25.6 Å². The van der Waals surface area contributed by atoms with Crippen LogP contribution < -0.4 is 14.4 Å². The van der Waals surface area contributed by atoms with Gasteiger partial charge in [0.05, 0.1) is 31.5 Å². The second kappa shape index (κ2) is 8.90. The minimum atomic E-state index is 0.539. The maximum atomic E-state index is 9.38. The predicted octanol–water partition coefficient (Wildman–Crippen LogP) is 6.78. The quantitative estimate of drug-likeness (QED) is 0.272. The van der Waals surface area contributed by atoms with Gasteiger partial charge in [0.1, 0.15) is 33.6 Å². The van der Waals surface area contributed by atoms with E-state index in [9.17, 15) is 5.26 Å². The van der Waals surface area contributed by atoms with Crippen LogP contribution in [-0.2, 0) is 0 Å². The van der Waals surface area contributed by atoms with Crippen LogP contribution in [-0.4, -0.2) is 23.0 Å². The lowest BCUT2D eigenvalue weighted by Crippen LogP contribution is -2.08. The van der Waals surface area contributed by atoms with Gasteiger partial charge < -0.3 is 14.4 Å². The second-order valence-corrected chi connectivity index (χ2v) is 8.69. The molecule has 0 aliphatic rings. The molecule has 0 amide bonds. The number of methoxy groups -OCH3 is 2. The van der Waals surface area contributed by atoms with E-state index < -0.39 is 0 Å². The second-order valence-electron chi connectivity index (χ2n) is 7.10. The molecule has 0 saturated carbocycles. The highest BCUT2D eigenvalue weighted by Crippen LogP contribution is 2.43. The summed E-state index contributed by atoms with van der Waals surface area (Å²) in [6.45, 7) is 0. The summed E-state index contributed by atoms with van der Waals surface area (Å²) in [7, 11) is 3.32. The Bertz CT molecular complexity index is 1400. The standard InChI is InChI=1S/C25H18N4O2S2/c1-30-19-8-4-17(5-9-19)29(18-6-10-20(31-2)11-7-18)23-14-13-22(32-23)21-12-3-16(15-26)24-25(21)28-33-27-24/h3-14H,1-2H3. The third kappa shape index (κ3) is 3.89. The zero-order valence-corrected chi connectivity index (χ0v) is 19.5. The molecule has 8 heteroatoms. The number of rotatable bonds is 6. The number of nitriles is 1. The molecule has 0 aliphatic heterocycles. The molecule has 0 atom stereocenters. The third-order valence-corrected chi connectivity index (χ3v) is 6.91. The lowest BCUT2D eigenvalue weighted by Gasteiger charge is -2.24. The van der Waals surface area contributed by atoms with Gasteiger partial charge in [0.25, 0.3) is 0 Å². The fourth-order valence-corrected chi connectivity index (χ4v) is 5.26. The first-order valence-electron chi connectivity index (χ1n) is 10.1. The van der Waals surface area contributed by atoms with Crippen molar-refractivity contribution < 1.29 is 9.47 Å². The van der Waals surface area contributed by atoms with Gasteiger partial charge in [0.15, 0.2) is 0 Å². The van der Waals surface area contributed by atoms with E-state index in [4.69, 9.17) is 9.47 Å². The van der Waals surface area contributed by atoms with E-state index in [1.807, 2.05) is 60.7 Å². The van der Waals surface area contributed by atoms with Crippen molar-refractivity contribution >= 4 is 50.5 Å². The summed E-state index contributed by atoms with van der Waals surface area (Å²) in [6, 6.07) is 26.1. The van der Waals surface area contributed by atoms with Gasteiger partial charge in [-0.05, 0) is 72.8 Å². The highest BCUT2D eigenvalue weighted by atomic mass is 32.1. The Labute approximate surface area is 199 Å². The van der Waals surface area contributed by atoms with Crippen LogP contribution in [0.25, 0.3) is 21.5 Å². The van der Waals surface area contributed by atoms with E-state index in [2.05, 4.69) is 31.8 Å². The Hall–Kier alpha value is -3.93. The maximum Gasteiger partial charge on any atom is 0.123 e. The van der Waals surface area contributed by atoms with Crippen LogP contribution in [0.3, 0.4) is 0 Å². The maximum absolute atomic E-state index is 9.38. The van der Waals surface area contributed by atoms with Crippen molar-refractivity contribution in [2.75, 3.05) is 19.1 Å². The molecule has 0 radical (unpaired) electrons. The highest BCUT2D eigenvalue weighted by molar-refractivity contribution is 7.19. The summed E-state index contributed by atoms with van der Waals surface area (Å²) < 4.78 is 19.5. The van der Waals surface area contributed by atoms with Gasteiger partial charge in [-0.25, -0.2) is 0 Å². The summed E-state index contributed by atoms with van der Waals surface area (Å²) in [4.78, 5) is 3.24. The van der Waals surface area contributed by atoms with E-state index in [-0.39, 0.29) is 0 Å². The van der Waals surface area contributed by atoms with Gasteiger partial charge in [-0.3, -0.25) is 0 Å². The Morgan fingerprint density at radius 2 is 1.36 bits per heavy atom. The molecule has 5 aromatic rings. The van der Waals surface area contributed by atoms with Gasteiger partial charge in [0.2, 0.25) is 0 Å². The molecule has 0 saturated heterocycles. The van der Waals surface area contributed by atoms with Crippen molar-refractivity contribution in [3.8, 4) is 28.0 Å². The number of hydrogen-bond donors (Lipinski definition) is 0. The number of anilines is 3. The number of hydrogen-bond acceptors (Lipinski definition) is 8. The largest absolute Gasteiger partial charge is 0.497 e. The Balaban J connectivity index is 1.61. The summed E-state index contributed by atoms with van der Waals surface area (Å²) in [5, 5.41) is 10.4. The van der Waals surface area contributed by atoms with Crippen LogP contribution in [0.2, 0.25) is 0 Å². The number of nitrogens with zero attached hydrogens (tertiary/aromatic N) is 4. The average Bonchev–Trinajstić information content (AvgIpc) is 3.55. The van der Waals surface area contributed by atoms with Gasteiger partial charge >= 0.3 is 0 Å². The Morgan fingerprint density at radius 3 is 1.94 bits per heavy atom. The molecule has 0 N–H and O–H groups in total. The molecule has 162 valence electrons. The fraction of sp³-hybridized carbons (Fsp3) is 0.0800. The normalized spacial score (nSPS) is 10.7. The number of ether oxygens (including phenoxy) is 2. The molecule has 0 aliphatic carbocycles. The van der Waals surface area contributed by atoms with Crippen LogP contribution in [0.1, 0.15) is 5.56 Å². The van der Waals surface area contributed by atoms with Crippen molar-refractivity contribution in [1.82, 2.24) is 8.75 Å². The molecule has 2 heterocycles. The fourth-order valence-electron chi connectivity index (χ4n) is 3.61. The average molecular weight is 471 g/mol. The van der Waals surface area contributed by atoms with Crippen molar-refractivity contribution in [2.45, 2.75) is 0 Å². The summed E-state index contributed by atoms with van der Waals surface area (Å²) in [6.07, 6.45) is 0. The Morgan fingerprint density at radius 1 is 0.758 bits per heavy atom. The van der Waals surface area contributed by atoms with Gasteiger partial charge in [-0.15, -0.1) is 11.3 Å². The molecule has 5 rings (SSSR count). The van der Waals surface area contributed by atoms with Gasteiger partial charge in [0, 0.05) is 21.8 Å². The lowest BCUT2D eigenvalue weighted by atomic mass is 10.1. The molecule has 2 aromatic heterocycles. The van der Waals surface area contributed by atoms with Crippen molar-refractivity contribution in [3.63, 3.8) is 0 Å². The smallest absolute Gasteiger partial charge is 0.123 e. The van der Waals surface area contributed by atoms with E-state index in [1.165, 1.54) is 0 Å². The summed E-state index contributed by atoms with van der Waals surface area (Å²) in [5.74, 6) is 1.60. The molecule has 3 aromatic carbocycles. The summed E-state index contributed by atoms with van der Waals surface area (Å²) >= 11 is 2.78. The number of aromatic nitrogens is 2. The first kappa shape index (κ1) is 20.9. The van der Waals surface area contributed by atoms with Crippen LogP contribution in [0.5, 0.6) is 11.5 Å². The molecule has 0 bridgehead atoms. The minimum absolute atomic E-state index is 0.539. The van der Waals surface area contributed by atoms with E-state index in [0.717, 1.165) is 55.6 Å². The zero-order chi connectivity index (χ0) is 22.8. The molecule has 33 heavy (non-hydrogen) atoms. The molecule has 0 unspecified atom stereocenters. The first-order valence-corrected chi connectivity index (χ1v) is 11.6. The monoisotopic (exact) mass is 470 g/mol.